The highest BCUT2D eigenvalue weighted by molar-refractivity contribution is 6.03. The molecule has 0 bridgehead atoms. The van der Waals surface area contributed by atoms with Crippen molar-refractivity contribution >= 4 is 23.0 Å². The van der Waals surface area contributed by atoms with Crippen LogP contribution < -0.4 is 19.0 Å². The molecule has 0 saturated carbocycles. The molecule has 3 aromatic rings. The molecule has 0 radical (unpaired) electrons. The zero-order valence-corrected chi connectivity index (χ0v) is 28.3. The van der Waals surface area contributed by atoms with Crippen molar-refractivity contribution < 1.29 is 43.4 Å². The molecule has 3 aromatic carbocycles. The first kappa shape index (κ1) is 36.2. The van der Waals surface area contributed by atoms with E-state index < -0.39 is 38.8 Å². The summed E-state index contributed by atoms with van der Waals surface area (Å²) in [5, 5.41) is 46.7. The van der Waals surface area contributed by atoms with Crippen LogP contribution in [-0.2, 0) is 9.53 Å². The molecule has 1 atom stereocenters. The number of unbranched alkanes of at least 4 members (excludes halogenated alkanes) is 2. The van der Waals surface area contributed by atoms with Gasteiger partial charge >= 0.3 is 11.4 Å². The van der Waals surface area contributed by atoms with Gasteiger partial charge in [0.05, 0.1) is 53.5 Å². The molecule has 0 aliphatic carbocycles. The van der Waals surface area contributed by atoms with Gasteiger partial charge in [-0.3, -0.25) is 29.9 Å². The van der Waals surface area contributed by atoms with Crippen LogP contribution in [0.25, 0.3) is 0 Å². The number of methoxy groups -OCH3 is 1. The molecule has 18 heteroatoms. The number of benzene rings is 3. The Morgan fingerprint density at radius 1 is 0.961 bits per heavy atom. The zero-order chi connectivity index (χ0) is 36.5. The van der Waals surface area contributed by atoms with Gasteiger partial charge in [0.1, 0.15) is 24.9 Å². The standard InChI is InChI=1S/C33H37N7O11/c1-4-5-6-14-49-30-11-10-24(18-33(30)47-3)27-19-26(34-37(27)22(2)41)23-8-7-9-25(17-23)50-31-21-32(29(39(44)45)20-28(31)38(42)43)51-35-40(46)36-12-15-48-16-13-36/h7-11,17-18,20-21,27H,4-6,12-16,19H2,1-3H3/b40-35-. The van der Waals surface area contributed by atoms with Crippen LogP contribution in [0.4, 0.5) is 11.4 Å². The largest absolute Gasteiger partial charge is 0.569 e. The number of nitro benzene ring substituents is 2. The maximum absolute atomic E-state index is 12.7. The Labute approximate surface area is 292 Å². The molecule has 18 nitrogen and oxygen atoms in total. The molecule has 51 heavy (non-hydrogen) atoms. The minimum Gasteiger partial charge on any atom is -0.569 e. The minimum absolute atomic E-state index is 0.123. The van der Waals surface area contributed by atoms with E-state index >= 15 is 0 Å². The van der Waals surface area contributed by atoms with E-state index in [4.69, 9.17) is 23.8 Å². The van der Waals surface area contributed by atoms with Gasteiger partial charge in [0, 0.05) is 25.0 Å². The highest BCUT2D eigenvalue weighted by Crippen LogP contribution is 2.42. The number of amides is 1. The van der Waals surface area contributed by atoms with Crippen molar-refractivity contribution in [3.63, 3.8) is 0 Å². The lowest BCUT2D eigenvalue weighted by Crippen LogP contribution is -2.40. The summed E-state index contributed by atoms with van der Waals surface area (Å²) < 4.78 is 22.6. The van der Waals surface area contributed by atoms with E-state index in [9.17, 15) is 30.2 Å². The predicted octanol–water partition coefficient (Wildman–Crippen LogP) is 6.07. The molecular formula is C33H37N7O11. The highest BCUT2D eigenvalue weighted by Gasteiger charge is 2.33. The molecule has 1 amide bonds. The molecule has 2 aliphatic heterocycles. The minimum atomic E-state index is -0.897. The second kappa shape index (κ2) is 16.6. The molecule has 2 heterocycles. The number of carbonyl (C=O) groups is 1. The molecule has 270 valence electrons. The van der Waals surface area contributed by atoms with E-state index in [1.54, 1.807) is 25.3 Å². The summed E-state index contributed by atoms with van der Waals surface area (Å²) in [5.41, 5.74) is 0.357. The Hall–Kier alpha value is -6.04. The van der Waals surface area contributed by atoms with Gasteiger partial charge in [0.15, 0.2) is 11.5 Å². The predicted molar refractivity (Wildman–Crippen MR) is 180 cm³/mol. The van der Waals surface area contributed by atoms with Gasteiger partial charge in [-0.2, -0.15) is 5.10 Å². The van der Waals surface area contributed by atoms with E-state index in [0.717, 1.165) is 30.9 Å². The van der Waals surface area contributed by atoms with Crippen LogP contribution in [0.3, 0.4) is 0 Å². The van der Waals surface area contributed by atoms with E-state index in [1.165, 1.54) is 23.0 Å². The van der Waals surface area contributed by atoms with Crippen molar-refractivity contribution in [3.8, 4) is 28.7 Å². The molecule has 0 spiro atoms. The van der Waals surface area contributed by atoms with Crippen LogP contribution in [0.1, 0.15) is 56.7 Å². The highest BCUT2D eigenvalue weighted by atomic mass is 16.7. The Morgan fingerprint density at radius 2 is 1.71 bits per heavy atom. The number of rotatable bonds is 15. The molecular weight excluding hydrogens is 670 g/mol. The van der Waals surface area contributed by atoms with Gasteiger partial charge in [-0.1, -0.05) is 38.0 Å². The van der Waals surface area contributed by atoms with Crippen molar-refractivity contribution in [1.29, 1.82) is 0 Å². The summed E-state index contributed by atoms with van der Waals surface area (Å²) in [6.07, 6.45) is 3.37. The Bertz CT molecular complexity index is 1830. The lowest BCUT2D eigenvalue weighted by molar-refractivity contribution is -0.710. The van der Waals surface area contributed by atoms with Crippen molar-refractivity contribution in [1.82, 2.24) is 10.0 Å². The number of hydrazine groups is 1. The van der Waals surface area contributed by atoms with Gasteiger partial charge < -0.3 is 24.2 Å². The third-order valence-electron chi connectivity index (χ3n) is 8.08. The SMILES string of the molecule is CCCCCOc1ccc(C2CC(c3cccc(Oc4cc(O/N=[N+](\[O-])N5CCOCC5)c([N+](=O)[O-])cc4[N+](=O)[O-])c3)=NN2C(C)=O)cc1OC. The molecule has 1 unspecified atom stereocenters. The van der Waals surface area contributed by atoms with Crippen LogP contribution in [0, 0.1) is 25.4 Å². The fourth-order valence-electron chi connectivity index (χ4n) is 5.48. The third-order valence-corrected chi connectivity index (χ3v) is 8.08. The van der Waals surface area contributed by atoms with Gasteiger partial charge in [-0.05, 0) is 36.2 Å². The Balaban J connectivity index is 1.39. The van der Waals surface area contributed by atoms with E-state index in [-0.39, 0.29) is 42.9 Å². The number of hydrogen-bond acceptors (Lipinski definition) is 13. The average molecular weight is 708 g/mol. The maximum atomic E-state index is 12.7. The van der Waals surface area contributed by atoms with Crippen LogP contribution in [0.15, 0.2) is 65.0 Å². The molecule has 0 aromatic heterocycles. The Kier molecular flexibility index (Phi) is 11.8. The first-order valence-electron chi connectivity index (χ1n) is 16.2. The van der Waals surface area contributed by atoms with Gasteiger partial charge in [-0.15, -0.1) is 5.01 Å². The first-order chi connectivity index (χ1) is 24.6. The van der Waals surface area contributed by atoms with Crippen LogP contribution in [0.5, 0.6) is 28.7 Å². The smallest absolute Gasteiger partial charge is 0.321 e. The first-order valence-corrected chi connectivity index (χ1v) is 16.2. The lowest BCUT2D eigenvalue weighted by Gasteiger charge is -2.21. The number of hydrazone groups is 1. The molecule has 0 N–H and O–H groups in total. The maximum Gasteiger partial charge on any atom is 0.321 e. The fraction of sp³-hybridized carbons (Fsp3) is 0.394. The summed E-state index contributed by atoms with van der Waals surface area (Å²) in [7, 11) is 1.55. The second-order valence-corrected chi connectivity index (χ2v) is 11.5. The fourth-order valence-corrected chi connectivity index (χ4v) is 5.48. The zero-order valence-electron chi connectivity index (χ0n) is 28.3. The van der Waals surface area contributed by atoms with Crippen molar-refractivity contribution in [2.45, 2.75) is 45.6 Å². The van der Waals surface area contributed by atoms with E-state index in [0.29, 0.717) is 41.9 Å². The number of morpholine rings is 1. The van der Waals surface area contributed by atoms with Gasteiger partial charge in [0.25, 0.3) is 0 Å². The van der Waals surface area contributed by atoms with Crippen molar-refractivity contribution in [3.05, 3.63) is 91.2 Å². The topological polar surface area (TPSA) is 207 Å². The molecule has 2 aliphatic rings. The normalized spacial score (nSPS) is 16.0. The lowest BCUT2D eigenvalue weighted by atomic mass is 9.98. The van der Waals surface area contributed by atoms with Crippen molar-refractivity contribution in [2.24, 2.45) is 10.4 Å². The van der Waals surface area contributed by atoms with Crippen LogP contribution in [-0.4, -0.2) is 76.5 Å². The summed E-state index contributed by atoms with van der Waals surface area (Å²) in [5.74, 6) is 0.00193. The van der Waals surface area contributed by atoms with Crippen LogP contribution >= 0.6 is 0 Å². The summed E-state index contributed by atoms with van der Waals surface area (Å²) in [6, 6.07) is 13.1. The monoisotopic (exact) mass is 707 g/mol. The van der Waals surface area contributed by atoms with Crippen LogP contribution in [0.2, 0.25) is 0 Å². The van der Waals surface area contributed by atoms with Gasteiger partial charge in [-0.25, -0.2) is 5.01 Å². The second-order valence-electron chi connectivity index (χ2n) is 11.5. The molecule has 1 fully saturated rings. The Morgan fingerprint density at radius 3 is 2.39 bits per heavy atom. The number of ether oxygens (including phenoxy) is 4. The van der Waals surface area contributed by atoms with E-state index in [2.05, 4.69) is 17.3 Å². The third kappa shape index (κ3) is 8.77. The summed E-state index contributed by atoms with van der Waals surface area (Å²) >= 11 is 0. The quantitative estimate of drug-likeness (QED) is 0.0580. The summed E-state index contributed by atoms with van der Waals surface area (Å²) in [4.78, 5) is 39.9. The number of nitrogens with zero attached hydrogens (tertiary/aromatic N) is 7. The molecule has 5 rings (SSSR count). The average Bonchev–Trinajstić information content (AvgIpc) is 3.59. The molecule has 1 saturated heterocycles. The number of carbonyl (C=O) groups excluding carboxylic acids is 1. The number of hydrogen-bond donors (Lipinski definition) is 0. The van der Waals surface area contributed by atoms with Crippen molar-refractivity contribution in [2.75, 3.05) is 40.0 Å². The summed E-state index contributed by atoms with van der Waals surface area (Å²) in [6.45, 7) is 5.07. The van der Waals surface area contributed by atoms with E-state index in [1.807, 2.05) is 18.2 Å². The number of nitro groups is 2. The van der Waals surface area contributed by atoms with Gasteiger partial charge in [0.2, 0.25) is 22.7 Å².